The lowest BCUT2D eigenvalue weighted by Crippen LogP contribution is -2.27. The number of nitrogens with zero attached hydrogens (tertiary/aromatic N) is 2. The van der Waals surface area contributed by atoms with Gasteiger partial charge in [0, 0.05) is 23.5 Å². The van der Waals surface area contributed by atoms with Crippen LogP contribution in [-0.2, 0) is 10.0 Å². The number of rotatable bonds is 5. The minimum atomic E-state index is -3.47. The number of benzene rings is 2. The summed E-state index contributed by atoms with van der Waals surface area (Å²) in [5, 5.41) is 3.32. The van der Waals surface area contributed by atoms with Crippen LogP contribution in [0.15, 0.2) is 52.3 Å². The molecule has 1 amide bonds. The summed E-state index contributed by atoms with van der Waals surface area (Å²) in [4.78, 5) is 18.3. The Hall–Kier alpha value is -1.94. The maximum atomic E-state index is 12.6. The van der Waals surface area contributed by atoms with Crippen molar-refractivity contribution < 1.29 is 13.2 Å². The zero-order valence-corrected chi connectivity index (χ0v) is 17.7. The molecular weight excluding hydrogens is 414 g/mol. The number of amides is 1. The average molecular weight is 434 g/mol. The van der Waals surface area contributed by atoms with Crippen molar-refractivity contribution in [3.63, 3.8) is 0 Å². The van der Waals surface area contributed by atoms with Crippen LogP contribution in [0.2, 0.25) is 0 Å². The predicted octanol–water partition coefficient (Wildman–Crippen LogP) is 4.06. The van der Waals surface area contributed by atoms with Gasteiger partial charge in [-0.3, -0.25) is 10.1 Å². The highest BCUT2D eigenvalue weighted by molar-refractivity contribution is 7.98. The Morgan fingerprint density at radius 3 is 2.54 bits per heavy atom. The fraction of sp³-hybridized carbons (Fsp3) is 0.263. The van der Waals surface area contributed by atoms with Gasteiger partial charge in [0.1, 0.15) is 0 Å². The zero-order valence-electron chi connectivity index (χ0n) is 15.2. The lowest BCUT2D eigenvalue weighted by atomic mass is 10.2. The summed E-state index contributed by atoms with van der Waals surface area (Å²) in [5.41, 5.74) is 1.23. The Labute approximate surface area is 172 Å². The Morgan fingerprint density at radius 1 is 1.14 bits per heavy atom. The van der Waals surface area contributed by atoms with E-state index in [1.807, 2.05) is 24.5 Å². The van der Waals surface area contributed by atoms with Crippen LogP contribution in [0.3, 0.4) is 0 Å². The first kappa shape index (κ1) is 19.4. The molecule has 0 spiro atoms. The third kappa shape index (κ3) is 3.80. The molecule has 4 rings (SSSR count). The van der Waals surface area contributed by atoms with Gasteiger partial charge >= 0.3 is 0 Å². The van der Waals surface area contributed by atoms with Crippen molar-refractivity contribution in [2.45, 2.75) is 22.6 Å². The van der Waals surface area contributed by atoms with Crippen LogP contribution in [0, 0.1) is 0 Å². The number of thiazole rings is 1. The second-order valence-electron chi connectivity index (χ2n) is 6.44. The van der Waals surface area contributed by atoms with Crippen molar-refractivity contribution in [2.24, 2.45) is 0 Å². The number of sulfonamides is 1. The summed E-state index contributed by atoms with van der Waals surface area (Å²) in [6, 6.07) is 12.0. The summed E-state index contributed by atoms with van der Waals surface area (Å²) >= 11 is 3.07. The number of fused-ring (bicyclic) bond motifs is 1. The lowest BCUT2D eigenvalue weighted by Gasteiger charge is -2.15. The topological polar surface area (TPSA) is 79.4 Å². The molecule has 0 bridgehead atoms. The Bertz CT molecular complexity index is 1120. The molecule has 2 heterocycles. The van der Waals surface area contributed by atoms with Gasteiger partial charge in [0.15, 0.2) is 5.13 Å². The van der Waals surface area contributed by atoms with Crippen molar-refractivity contribution in [1.82, 2.24) is 9.29 Å². The van der Waals surface area contributed by atoms with Gasteiger partial charge in [-0.1, -0.05) is 11.3 Å². The fourth-order valence-corrected chi connectivity index (χ4v) is 6.04. The van der Waals surface area contributed by atoms with E-state index >= 15 is 0 Å². The maximum Gasteiger partial charge on any atom is 0.257 e. The molecule has 1 aliphatic rings. The van der Waals surface area contributed by atoms with Crippen LogP contribution < -0.4 is 5.32 Å². The number of hydrogen-bond donors (Lipinski definition) is 1. The number of carbonyl (C=O) groups excluding carboxylic acids is 1. The summed E-state index contributed by atoms with van der Waals surface area (Å²) in [6.45, 7) is 1.11. The van der Waals surface area contributed by atoms with E-state index in [1.165, 1.54) is 39.9 Å². The van der Waals surface area contributed by atoms with Crippen LogP contribution in [-0.4, -0.2) is 43.0 Å². The van der Waals surface area contributed by atoms with Gasteiger partial charge < -0.3 is 0 Å². The van der Waals surface area contributed by atoms with Crippen LogP contribution in [0.5, 0.6) is 0 Å². The van der Waals surface area contributed by atoms with Crippen molar-refractivity contribution in [2.75, 3.05) is 24.7 Å². The second-order valence-corrected chi connectivity index (χ2v) is 10.3. The van der Waals surface area contributed by atoms with Gasteiger partial charge in [-0.05, 0) is 61.6 Å². The number of anilines is 1. The SMILES string of the molecule is CSc1ccc2nc(NC(=O)c3ccc(S(=O)(=O)N4CCCC4)cc3)sc2c1. The van der Waals surface area contributed by atoms with Gasteiger partial charge in [0.05, 0.1) is 15.1 Å². The minimum Gasteiger partial charge on any atom is -0.298 e. The first-order chi connectivity index (χ1) is 13.5. The average Bonchev–Trinajstić information content (AvgIpc) is 3.37. The van der Waals surface area contributed by atoms with E-state index in [4.69, 9.17) is 0 Å². The van der Waals surface area contributed by atoms with Crippen molar-refractivity contribution in [3.8, 4) is 0 Å². The van der Waals surface area contributed by atoms with Crippen LogP contribution in [0.1, 0.15) is 23.2 Å². The monoisotopic (exact) mass is 433 g/mol. The Morgan fingerprint density at radius 2 is 1.86 bits per heavy atom. The van der Waals surface area contributed by atoms with Crippen molar-refractivity contribution in [1.29, 1.82) is 0 Å². The molecule has 3 aromatic rings. The molecule has 0 atom stereocenters. The third-order valence-electron chi connectivity index (χ3n) is 4.64. The first-order valence-electron chi connectivity index (χ1n) is 8.83. The lowest BCUT2D eigenvalue weighted by molar-refractivity contribution is 0.102. The molecule has 2 aromatic carbocycles. The molecule has 1 saturated heterocycles. The van der Waals surface area contributed by atoms with Crippen LogP contribution in [0.4, 0.5) is 5.13 Å². The zero-order chi connectivity index (χ0) is 19.7. The van der Waals surface area contributed by atoms with Gasteiger partial charge in [-0.2, -0.15) is 4.31 Å². The van der Waals surface area contributed by atoms with Gasteiger partial charge in [-0.15, -0.1) is 11.8 Å². The number of carbonyl (C=O) groups is 1. The molecule has 0 radical (unpaired) electrons. The first-order valence-corrected chi connectivity index (χ1v) is 12.3. The standard InChI is InChI=1S/C19H19N3O3S3/c1-26-14-6-9-16-17(12-14)27-19(20-16)21-18(23)13-4-7-15(8-5-13)28(24,25)22-10-2-3-11-22/h4-9,12H,2-3,10-11H2,1H3,(H,20,21,23). The third-order valence-corrected chi connectivity index (χ3v) is 8.21. The normalized spacial score (nSPS) is 15.2. The largest absolute Gasteiger partial charge is 0.298 e. The smallest absolute Gasteiger partial charge is 0.257 e. The quantitative estimate of drug-likeness (QED) is 0.614. The fourth-order valence-electron chi connectivity index (χ4n) is 3.11. The number of hydrogen-bond acceptors (Lipinski definition) is 6. The predicted molar refractivity (Wildman–Crippen MR) is 114 cm³/mol. The molecule has 0 unspecified atom stereocenters. The van der Waals surface area contributed by atoms with Gasteiger partial charge in [0.25, 0.3) is 5.91 Å². The summed E-state index contributed by atoms with van der Waals surface area (Å²) in [6.07, 6.45) is 3.79. The Kier molecular flexibility index (Phi) is 5.42. The van der Waals surface area contributed by atoms with Crippen LogP contribution >= 0.6 is 23.1 Å². The minimum absolute atomic E-state index is 0.218. The molecule has 9 heteroatoms. The van der Waals surface area contributed by atoms with Gasteiger partial charge in [0.2, 0.25) is 10.0 Å². The van der Waals surface area contributed by atoms with Gasteiger partial charge in [-0.25, -0.2) is 13.4 Å². The Balaban J connectivity index is 1.51. The molecular formula is C19H19N3O3S3. The van der Waals surface area contributed by atoms with Crippen LogP contribution in [0.25, 0.3) is 10.2 Å². The summed E-state index contributed by atoms with van der Waals surface area (Å²) < 4.78 is 27.6. The molecule has 146 valence electrons. The molecule has 1 N–H and O–H groups in total. The number of nitrogens with one attached hydrogen (secondary N) is 1. The van der Waals surface area contributed by atoms with E-state index in [9.17, 15) is 13.2 Å². The number of thioether (sulfide) groups is 1. The second kappa shape index (κ2) is 7.82. The molecule has 0 aliphatic carbocycles. The van der Waals surface area contributed by atoms with E-state index in [1.54, 1.807) is 11.8 Å². The molecule has 0 saturated carbocycles. The van der Waals surface area contributed by atoms with Crippen molar-refractivity contribution >= 4 is 54.4 Å². The highest BCUT2D eigenvalue weighted by Gasteiger charge is 2.27. The highest BCUT2D eigenvalue weighted by Crippen LogP contribution is 2.29. The summed E-state index contributed by atoms with van der Waals surface area (Å²) in [7, 11) is -3.47. The van der Waals surface area contributed by atoms with E-state index in [0.717, 1.165) is 28.0 Å². The molecule has 6 nitrogen and oxygen atoms in total. The molecule has 1 aliphatic heterocycles. The molecule has 1 fully saturated rings. The van der Waals surface area contributed by atoms with E-state index in [0.29, 0.717) is 23.8 Å². The van der Waals surface area contributed by atoms with E-state index in [-0.39, 0.29) is 10.8 Å². The van der Waals surface area contributed by atoms with E-state index in [2.05, 4.69) is 10.3 Å². The summed E-state index contributed by atoms with van der Waals surface area (Å²) in [5.74, 6) is -0.311. The highest BCUT2D eigenvalue weighted by atomic mass is 32.2. The molecule has 28 heavy (non-hydrogen) atoms. The molecule has 1 aromatic heterocycles. The van der Waals surface area contributed by atoms with Crippen molar-refractivity contribution in [3.05, 3.63) is 48.0 Å². The van der Waals surface area contributed by atoms with E-state index < -0.39 is 10.0 Å². The maximum absolute atomic E-state index is 12.6. The number of aromatic nitrogens is 1.